The molecular weight excluding hydrogens is 1870 g/mol. The molecule has 650 valence electrons. The van der Waals surface area contributed by atoms with E-state index in [1.165, 1.54) is 65.5 Å². The molecule has 4 fully saturated rings. The van der Waals surface area contributed by atoms with Gasteiger partial charge in [-0.25, -0.2) is 34.8 Å². The predicted octanol–water partition coefficient (Wildman–Crippen LogP) is 19.5. The lowest BCUT2D eigenvalue weighted by atomic mass is 9.90. The van der Waals surface area contributed by atoms with Gasteiger partial charge in [0.05, 0.1) is 74.1 Å². The number of anilines is 6. The van der Waals surface area contributed by atoms with Gasteiger partial charge < -0.3 is 49.9 Å². The van der Waals surface area contributed by atoms with Crippen molar-refractivity contribution < 1.29 is 81.7 Å². The van der Waals surface area contributed by atoms with Gasteiger partial charge in [-0.1, -0.05) is 83.1 Å². The largest absolute Gasteiger partial charge is 0.487 e. The van der Waals surface area contributed by atoms with Crippen LogP contribution in [-0.2, 0) is 29.5 Å². The second kappa shape index (κ2) is 34.9. The second-order valence-corrected chi connectivity index (χ2v) is 48.1. The number of carbonyl (C=O) groups is 4. The fourth-order valence-corrected chi connectivity index (χ4v) is 26.3. The Morgan fingerprint density at radius 2 is 0.792 bits per heavy atom. The number of H-pyrrole nitrogens is 1. The van der Waals surface area contributed by atoms with Crippen molar-refractivity contribution >= 4 is 170 Å². The second-order valence-electron chi connectivity index (χ2n) is 36.8. The number of hydrogen-bond acceptors (Lipinski definition) is 18. The van der Waals surface area contributed by atoms with Crippen LogP contribution in [0.4, 0.5) is 51.7 Å². The SMILES string of the molecule is CC(C)(C)CN1c2c(-c3ccn[nH]3)cc(C(=O)Nc3ccc(OC(F)(F)Cl)cc3)cc2C2CCS(=O)(=O)CC21.CC(C)(C)CN1c2c(Br)cc(C(=O)Nc3ccc(OC(F)(F)Cl)cc3)cc2C2CCS(=O)(=O)CC21.CC(C)(C)CN1c2c(Br)cc(C(=O)O)cc2C2CCS(=O)(=O)CC21.CC(C)(C)CN1c2c(Br)cc(C(=O)O)cc2C2CCSCC21. The maximum Gasteiger partial charge on any atom is 0.487 e. The van der Waals surface area contributed by atoms with E-state index >= 15 is 0 Å². The standard InChI is InChI=1S/C27H29ClF2N4O4S.C24H26BrClF2N2O4S.C17H22BrNO4S.C17H22BrNO2S/c1-26(2,3)15-34-23-14-39(36,37)11-9-19(23)20-12-16(13-21(24(20)34)22-8-10-31-33-22)25(35)32-17-4-6-18(7-5-17)38-27(28,29)30;1-23(2,3)13-30-20-12-35(32,33)9-8-17(20)18-10-14(11-19(25)21(18)30)22(31)29-15-4-6-16(7-5-15)34-24(26,27)28;1-17(2,3)9-19-14-8-24(22,23)5-4-11(14)12-6-10(16(20)21)7-13(18)15(12)19;1-17(2,3)9-19-14-8-22-5-4-11(14)12-6-10(16(20)21)7-13(18)15(12)19/h4-8,10,12-13,19,23H,9,11,14-15H2,1-3H3,(H,31,33)(H,32,35);4-7,10-11,17,20H,8-9,12-13H2,1-3H3,(H,29,31);6-7,11,14H,4-5,8-9H2,1-3H3,(H,20,21);6-7,11,14H,4-5,8-9H2,1-3H3,(H,20,21). The number of fused-ring (bicyclic) bond motifs is 12. The lowest BCUT2D eigenvalue weighted by Crippen LogP contribution is -2.46. The van der Waals surface area contributed by atoms with Gasteiger partial charge in [0.1, 0.15) is 11.5 Å². The van der Waals surface area contributed by atoms with Crippen LogP contribution in [0.2, 0.25) is 0 Å². The number of thioether (sulfide) groups is 1. The predicted molar refractivity (Wildman–Crippen MR) is 477 cm³/mol. The van der Waals surface area contributed by atoms with Crippen molar-refractivity contribution in [3.63, 3.8) is 0 Å². The lowest BCUT2D eigenvalue weighted by molar-refractivity contribution is -0.0972. The van der Waals surface area contributed by atoms with Crippen LogP contribution < -0.4 is 39.7 Å². The molecule has 0 spiro atoms. The number of aromatic nitrogens is 2. The molecule has 8 atom stereocenters. The number of nitrogens with one attached hydrogen (secondary N) is 3. The Balaban J connectivity index is 0.000000151. The normalized spacial score (nSPS) is 22.3. The maximum absolute atomic E-state index is 13.4. The van der Waals surface area contributed by atoms with E-state index in [4.69, 9.17) is 23.2 Å². The Hall–Kier alpha value is -6.85. The molecular formula is C85H99Br3Cl2F4N8O14S4. The van der Waals surface area contributed by atoms with E-state index in [1.54, 1.807) is 36.5 Å². The molecule has 0 radical (unpaired) electrons. The van der Waals surface area contributed by atoms with E-state index in [0.717, 1.165) is 78.0 Å². The van der Waals surface area contributed by atoms with Crippen molar-refractivity contribution in [3.8, 4) is 22.8 Å². The third-order valence-corrected chi connectivity index (χ3v) is 30.2. The molecule has 8 unspecified atom stereocenters. The fourth-order valence-electron chi connectivity index (χ4n) is 17.7. The molecule has 0 aliphatic carbocycles. The number of aromatic carboxylic acids is 2. The first-order valence-electron chi connectivity index (χ1n) is 39.3. The number of ether oxygens (including phenoxy) is 2. The zero-order valence-corrected chi connectivity index (χ0v) is 77.9. The van der Waals surface area contributed by atoms with Crippen molar-refractivity contribution in [2.45, 2.75) is 168 Å². The van der Waals surface area contributed by atoms with Gasteiger partial charge in [0.25, 0.3) is 11.8 Å². The first kappa shape index (κ1) is 92.3. The molecule has 120 heavy (non-hydrogen) atoms. The third-order valence-electron chi connectivity index (χ3n) is 22.1. The number of halogens is 9. The fraction of sp³-hybridized carbons (Fsp3) is 0.494. The minimum atomic E-state index is -3.84. The number of sulfone groups is 3. The van der Waals surface area contributed by atoms with E-state index < -0.39 is 58.5 Å². The van der Waals surface area contributed by atoms with Gasteiger partial charge in [-0.05, 0) is 226 Å². The number of nitrogens with zero attached hydrogens (tertiary/aromatic N) is 5. The number of aromatic amines is 1. The number of rotatable bonds is 15. The van der Waals surface area contributed by atoms with E-state index in [0.29, 0.717) is 78.1 Å². The van der Waals surface area contributed by atoms with Crippen molar-refractivity contribution in [2.24, 2.45) is 21.7 Å². The van der Waals surface area contributed by atoms with Crippen LogP contribution in [0.15, 0.2) is 123 Å². The molecule has 6 aromatic carbocycles. The summed E-state index contributed by atoms with van der Waals surface area (Å²) in [7, 11) is -9.39. The van der Waals surface area contributed by atoms with Crippen LogP contribution >= 0.6 is 82.8 Å². The highest BCUT2D eigenvalue weighted by molar-refractivity contribution is 9.11. The summed E-state index contributed by atoms with van der Waals surface area (Å²) in [6.07, 6.45) is 4.29. The van der Waals surface area contributed by atoms with Crippen LogP contribution in [-0.4, -0.2) is 177 Å². The summed E-state index contributed by atoms with van der Waals surface area (Å²) in [5, 5.41) is 31.3. The molecule has 8 aliphatic rings. The molecule has 22 nitrogen and oxygen atoms in total. The summed E-state index contributed by atoms with van der Waals surface area (Å²) in [6.45, 7) is 28.8. The summed E-state index contributed by atoms with van der Waals surface area (Å²) in [4.78, 5) is 58.3. The number of hydrogen-bond donors (Lipinski definition) is 5. The Morgan fingerprint density at radius 3 is 1.12 bits per heavy atom. The Labute approximate surface area is 737 Å². The molecule has 4 saturated heterocycles. The van der Waals surface area contributed by atoms with Crippen molar-refractivity contribution in [1.29, 1.82) is 0 Å². The van der Waals surface area contributed by atoms with Gasteiger partial charge in [-0.3, -0.25) is 14.7 Å². The average Bonchev–Trinajstić information content (AvgIpc) is 1.60. The smallest absolute Gasteiger partial charge is 0.478 e. The molecule has 9 heterocycles. The van der Waals surface area contributed by atoms with Crippen molar-refractivity contribution in [2.75, 3.05) is 102 Å². The van der Waals surface area contributed by atoms with E-state index in [2.05, 4.69) is 181 Å². The van der Waals surface area contributed by atoms with Crippen LogP contribution in [0.3, 0.4) is 0 Å². The summed E-state index contributed by atoms with van der Waals surface area (Å²) < 4.78 is 137. The molecule has 8 aliphatic heterocycles. The van der Waals surface area contributed by atoms with E-state index in [-0.39, 0.29) is 115 Å². The van der Waals surface area contributed by atoms with Crippen LogP contribution in [0, 0.1) is 21.7 Å². The highest BCUT2D eigenvalue weighted by Gasteiger charge is 2.51. The van der Waals surface area contributed by atoms with Gasteiger partial charge in [-0.15, -0.1) is 17.6 Å². The highest BCUT2D eigenvalue weighted by atomic mass is 79.9. The van der Waals surface area contributed by atoms with E-state index in [9.17, 15) is 72.2 Å². The number of amides is 2. The topological polar surface area (TPSA) is 295 Å². The molecule has 35 heteroatoms. The first-order valence-corrected chi connectivity index (χ1v) is 49.1. The quantitative estimate of drug-likeness (QED) is 0.0471. The molecule has 0 saturated carbocycles. The third kappa shape index (κ3) is 22.3. The molecule has 1 aromatic heterocycles. The van der Waals surface area contributed by atoms with E-state index in [1.807, 2.05) is 36.0 Å². The van der Waals surface area contributed by atoms with Gasteiger partial charge in [0, 0.05) is 151 Å². The molecule has 0 bridgehead atoms. The lowest BCUT2D eigenvalue weighted by Gasteiger charge is -2.37. The number of carbonyl (C=O) groups excluding carboxylic acids is 2. The average molecular weight is 1970 g/mol. The van der Waals surface area contributed by atoms with Gasteiger partial charge in [-0.2, -0.15) is 16.9 Å². The molecule has 5 N–H and O–H groups in total. The number of carboxylic acid groups (broad SMARTS) is 2. The first-order chi connectivity index (χ1) is 55.6. The van der Waals surface area contributed by atoms with Crippen molar-refractivity contribution in [1.82, 2.24) is 10.2 Å². The highest BCUT2D eigenvalue weighted by Crippen LogP contribution is 2.56. The molecule has 7 aromatic rings. The Bertz CT molecular complexity index is 5440. The summed E-state index contributed by atoms with van der Waals surface area (Å²) in [5.74, 6) is 0.600. The number of benzene rings is 6. The van der Waals surface area contributed by atoms with Gasteiger partial charge in [0.2, 0.25) is 0 Å². The monoisotopic (exact) mass is 1970 g/mol. The minimum absolute atomic E-state index is 0.00171. The van der Waals surface area contributed by atoms with Crippen molar-refractivity contribution in [3.05, 3.63) is 167 Å². The Kier molecular flexibility index (Phi) is 26.9. The van der Waals surface area contributed by atoms with Gasteiger partial charge in [0.15, 0.2) is 29.5 Å². The van der Waals surface area contributed by atoms with Crippen LogP contribution in [0.5, 0.6) is 11.5 Å². The van der Waals surface area contributed by atoms with Crippen LogP contribution in [0.25, 0.3) is 11.3 Å². The van der Waals surface area contributed by atoms with Gasteiger partial charge >= 0.3 is 23.1 Å². The number of carboxylic acids is 2. The van der Waals surface area contributed by atoms with Crippen LogP contribution in [0.1, 0.15) is 196 Å². The zero-order valence-electron chi connectivity index (χ0n) is 68.4. The summed E-state index contributed by atoms with van der Waals surface area (Å²) in [5.41, 5.74) is 4.16. The Morgan fingerprint density at radius 1 is 0.475 bits per heavy atom. The summed E-state index contributed by atoms with van der Waals surface area (Å²) in [6, 6.07) is 26.8. The molecule has 15 rings (SSSR count). The molecule has 2 amide bonds. The minimum Gasteiger partial charge on any atom is -0.478 e. The zero-order chi connectivity index (χ0) is 87.9. The summed E-state index contributed by atoms with van der Waals surface area (Å²) >= 11 is 22.4. The number of alkyl halides is 6. The maximum atomic E-state index is 13.4.